The zero-order valence-electron chi connectivity index (χ0n) is 9.18. The monoisotopic (exact) mass is 186 g/mol. The minimum atomic E-state index is 0.124. The molecule has 1 amide bonds. The number of carbonyl (C=O) groups is 1. The molecule has 0 aromatic rings. The predicted molar refractivity (Wildman–Crippen MR) is 55.6 cm³/mol. The van der Waals surface area contributed by atoms with Gasteiger partial charge in [0.05, 0.1) is 0 Å². The van der Waals surface area contributed by atoms with Crippen molar-refractivity contribution in [2.24, 2.45) is 5.92 Å². The van der Waals surface area contributed by atoms with Crippen molar-refractivity contribution in [2.75, 3.05) is 13.6 Å². The molecule has 0 aliphatic rings. The number of carbonyl (C=O) groups excluding carboxylic acids is 1. The zero-order valence-corrected chi connectivity index (χ0v) is 9.18. The Kier molecular flexibility index (Phi) is 6.59. The molecule has 0 aliphatic heterocycles. The van der Waals surface area contributed by atoms with E-state index >= 15 is 0 Å². The number of amides is 1. The van der Waals surface area contributed by atoms with Crippen molar-refractivity contribution in [3.8, 4) is 0 Å². The van der Waals surface area contributed by atoms with Crippen molar-refractivity contribution in [3.63, 3.8) is 0 Å². The summed E-state index contributed by atoms with van der Waals surface area (Å²) in [5.41, 5.74) is 0. The second kappa shape index (κ2) is 6.89. The first-order chi connectivity index (χ1) is 6.07. The standard InChI is InChI=1S/C10H22N2O/c1-8(2)9(3)12-7-5-6-10(13)11-4/h8-9,12H,5-7H2,1-4H3,(H,11,13). The highest BCUT2D eigenvalue weighted by molar-refractivity contribution is 5.75. The molecule has 0 aromatic carbocycles. The third-order valence-electron chi connectivity index (χ3n) is 2.33. The Bertz CT molecular complexity index is 146. The van der Waals surface area contributed by atoms with E-state index in [1.807, 2.05) is 0 Å². The molecule has 0 radical (unpaired) electrons. The lowest BCUT2D eigenvalue weighted by molar-refractivity contribution is -0.120. The second-order valence-electron chi connectivity index (χ2n) is 3.76. The van der Waals surface area contributed by atoms with Crippen molar-refractivity contribution >= 4 is 5.91 Å². The number of rotatable bonds is 6. The molecule has 1 unspecified atom stereocenters. The van der Waals surface area contributed by atoms with Crippen LogP contribution in [-0.4, -0.2) is 25.5 Å². The Balaban J connectivity index is 3.30. The van der Waals surface area contributed by atoms with Gasteiger partial charge in [-0.1, -0.05) is 13.8 Å². The van der Waals surface area contributed by atoms with Gasteiger partial charge in [0.2, 0.25) is 5.91 Å². The van der Waals surface area contributed by atoms with Crippen LogP contribution in [0.1, 0.15) is 33.6 Å². The Morgan fingerprint density at radius 3 is 2.38 bits per heavy atom. The fraction of sp³-hybridized carbons (Fsp3) is 0.900. The highest BCUT2D eigenvalue weighted by Gasteiger charge is 2.05. The summed E-state index contributed by atoms with van der Waals surface area (Å²) in [4.78, 5) is 10.9. The molecule has 3 heteroatoms. The molecule has 0 fully saturated rings. The van der Waals surface area contributed by atoms with Gasteiger partial charge in [-0.05, 0) is 25.8 Å². The van der Waals surface area contributed by atoms with Crippen LogP contribution in [0.2, 0.25) is 0 Å². The third-order valence-corrected chi connectivity index (χ3v) is 2.33. The van der Waals surface area contributed by atoms with Crippen molar-refractivity contribution in [1.82, 2.24) is 10.6 Å². The molecule has 2 N–H and O–H groups in total. The molecule has 0 rings (SSSR count). The van der Waals surface area contributed by atoms with Gasteiger partial charge in [0, 0.05) is 19.5 Å². The maximum atomic E-state index is 10.9. The van der Waals surface area contributed by atoms with E-state index < -0.39 is 0 Å². The molecule has 0 bridgehead atoms. The fourth-order valence-corrected chi connectivity index (χ4v) is 0.939. The smallest absolute Gasteiger partial charge is 0.219 e. The number of hydrogen-bond donors (Lipinski definition) is 2. The van der Waals surface area contributed by atoms with Gasteiger partial charge in [0.15, 0.2) is 0 Å². The lowest BCUT2D eigenvalue weighted by atomic mass is 10.1. The maximum Gasteiger partial charge on any atom is 0.219 e. The van der Waals surface area contributed by atoms with Crippen LogP contribution in [0, 0.1) is 5.92 Å². The van der Waals surface area contributed by atoms with Crippen LogP contribution in [0.25, 0.3) is 0 Å². The molecular weight excluding hydrogens is 164 g/mol. The SMILES string of the molecule is CNC(=O)CCCNC(C)C(C)C. The van der Waals surface area contributed by atoms with Crippen LogP contribution in [-0.2, 0) is 4.79 Å². The van der Waals surface area contributed by atoms with Gasteiger partial charge in [-0.2, -0.15) is 0 Å². The normalized spacial score (nSPS) is 13.0. The molecule has 0 aliphatic carbocycles. The maximum absolute atomic E-state index is 10.9. The summed E-state index contributed by atoms with van der Waals surface area (Å²) in [6.07, 6.45) is 1.53. The van der Waals surface area contributed by atoms with Crippen molar-refractivity contribution < 1.29 is 4.79 Å². The predicted octanol–water partition coefficient (Wildman–Crippen LogP) is 1.15. The lowest BCUT2D eigenvalue weighted by Crippen LogP contribution is -2.32. The number of hydrogen-bond acceptors (Lipinski definition) is 2. The molecule has 0 heterocycles. The fourth-order valence-electron chi connectivity index (χ4n) is 0.939. The summed E-state index contributed by atoms with van der Waals surface area (Å²) < 4.78 is 0. The summed E-state index contributed by atoms with van der Waals surface area (Å²) in [7, 11) is 1.67. The largest absolute Gasteiger partial charge is 0.359 e. The van der Waals surface area contributed by atoms with E-state index in [1.54, 1.807) is 7.05 Å². The van der Waals surface area contributed by atoms with Crippen LogP contribution >= 0.6 is 0 Å². The van der Waals surface area contributed by atoms with Crippen molar-refractivity contribution in [3.05, 3.63) is 0 Å². The lowest BCUT2D eigenvalue weighted by Gasteiger charge is -2.16. The van der Waals surface area contributed by atoms with Crippen LogP contribution in [0.4, 0.5) is 0 Å². The molecule has 0 aromatic heterocycles. The first-order valence-corrected chi connectivity index (χ1v) is 5.02. The second-order valence-corrected chi connectivity index (χ2v) is 3.76. The molecule has 0 saturated heterocycles. The van der Waals surface area contributed by atoms with Crippen molar-refractivity contribution in [2.45, 2.75) is 39.7 Å². The number of nitrogens with one attached hydrogen (secondary N) is 2. The van der Waals surface area contributed by atoms with Gasteiger partial charge in [-0.3, -0.25) is 4.79 Å². The minimum absolute atomic E-state index is 0.124. The average Bonchev–Trinajstić information content (AvgIpc) is 2.11. The first kappa shape index (κ1) is 12.4. The highest BCUT2D eigenvalue weighted by atomic mass is 16.1. The van der Waals surface area contributed by atoms with E-state index in [1.165, 1.54) is 0 Å². The van der Waals surface area contributed by atoms with E-state index in [9.17, 15) is 4.79 Å². The van der Waals surface area contributed by atoms with Crippen LogP contribution in [0.15, 0.2) is 0 Å². The molecule has 3 nitrogen and oxygen atoms in total. The molecule has 0 saturated carbocycles. The summed E-state index contributed by atoms with van der Waals surface area (Å²) >= 11 is 0. The van der Waals surface area contributed by atoms with E-state index in [-0.39, 0.29) is 5.91 Å². The van der Waals surface area contributed by atoms with E-state index in [0.717, 1.165) is 13.0 Å². The van der Waals surface area contributed by atoms with Gasteiger partial charge < -0.3 is 10.6 Å². The van der Waals surface area contributed by atoms with Gasteiger partial charge in [0.1, 0.15) is 0 Å². The first-order valence-electron chi connectivity index (χ1n) is 5.02. The molecule has 13 heavy (non-hydrogen) atoms. The van der Waals surface area contributed by atoms with Gasteiger partial charge >= 0.3 is 0 Å². The molecule has 78 valence electrons. The summed E-state index contributed by atoms with van der Waals surface area (Å²) in [6.45, 7) is 7.48. The van der Waals surface area contributed by atoms with Gasteiger partial charge in [0.25, 0.3) is 0 Å². The topological polar surface area (TPSA) is 41.1 Å². The quantitative estimate of drug-likeness (QED) is 0.611. The van der Waals surface area contributed by atoms with E-state index in [2.05, 4.69) is 31.4 Å². The summed E-state index contributed by atoms with van der Waals surface area (Å²) in [6, 6.07) is 0.532. The summed E-state index contributed by atoms with van der Waals surface area (Å²) in [5, 5.41) is 5.99. The Morgan fingerprint density at radius 2 is 1.92 bits per heavy atom. The molecular formula is C10H22N2O. The van der Waals surface area contributed by atoms with Gasteiger partial charge in [-0.15, -0.1) is 0 Å². The Labute approximate surface area is 81.3 Å². The zero-order chi connectivity index (χ0) is 10.3. The minimum Gasteiger partial charge on any atom is -0.359 e. The Morgan fingerprint density at radius 1 is 1.31 bits per heavy atom. The van der Waals surface area contributed by atoms with E-state index in [4.69, 9.17) is 0 Å². The van der Waals surface area contributed by atoms with Crippen LogP contribution in [0.3, 0.4) is 0 Å². The average molecular weight is 186 g/mol. The third kappa shape index (κ3) is 6.58. The summed E-state index contributed by atoms with van der Waals surface area (Å²) in [5.74, 6) is 0.777. The molecule has 0 spiro atoms. The van der Waals surface area contributed by atoms with Crippen molar-refractivity contribution in [1.29, 1.82) is 0 Å². The van der Waals surface area contributed by atoms with Crippen LogP contribution < -0.4 is 10.6 Å². The van der Waals surface area contributed by atoms with E-state index in [0.29, 0.717) is 18.4 Å². The molecule has 1 atom stereocenters. The van der Waals surface area contributed by atoms with Crippen LogP contribution in [0.5, 0.6) is 0 Å². The van der Waals surface area contributed by atoms with Gasteiger partial charge in [-0.25, -0.2) is 0 Å². The highest BCUT2D eigenvalue weighted by Crippen LogP contribution is 1.99. The Hall–Kier alpha value is -0.570.